The molecule has 156 valence electrons. The van der Waals surface area contributed by atoms with Gasteiger partial charge in [-0.3, -0.25) is 10.1 Å². The molecule has 0 aliphatic carbocycles. The fourth-order valence-electron chi connectivity index (χ4n) is 2.63. The molecule has 28 heavy (non-hydrogen) atoms. The Balaban J connectivity index is 2.13. The molecule has 0 aromatic heterocycles. The van der Waals surface area contributed by atoms with Gasteiger partial charge in [0.25, 0.3) is 5.69 Å². The summed E-state index contributed by atoms with van der Waals surface area (Å²) in [5.74, 6) is -0.698. The van der Waals surface area contributed by atoms with Crippen LogP contribution in [0.2, 0.25) is 0 Å². The first kappa shape index (κ1) is 21.7. The van der Waals surface area contributed by atoms with Gasteiger partial charge < -0.3 is 14.4 Å². The van der Waals surface area contributed by atoms with Crippen LogP contribution in [0, 0.1) is 10.1 Å². The molecule has 1 saturated heterocycles. The molecule has 2 rings (SSSR count). The lowest BCUT2D eigenvalue weighted by molar-refractivity contribution is -0.385. The van der Waals surface area contributed by atoms with Gasteiger partial charge in [-0.15, -0.1) is 0 Å². The van der Waals surface area contributed by atoms with E-state index in [2.05, 4.69) is 0 Å². The van der Waals surface area contributed by atoms with Crippen LogP contribution >= 0.6 is 0 Å². The highest BCUT2D eigenvalue weighted by molar-refractivity contribution is 5.68. The largest absolute Gasteiger partial charge is 0.487 e. The Labute approximate surface area is 158 Å². The number of nitro groups is 1. The molecular formula is C17H20F4N2O5. The Kier molecular flexibility index (Phi) is 6.05. The van der Waals surface area contributed by atoms with Crippen molar-refractivity contribution in [1.82, 2.24) is 4.90 Å². The highest BCUT2D eigenvalue weighted by atomic mass is 19.4. The number of halogens is 4. The zero-order chi connectivity index (χ0) is 21.3. The van der Waals surface area contributed by atoms with Gasteiger partial charge in [0.15, 0.2) is 6.17 Å². The van der Waals surface area contributed by atoms with E-state index in [1.807, 2.05) is 0 Å². The van der Waals surface area contributed by atoms with Crippen molar-refractivity contribution < 1.29 is 36.8 Å². The van der Waals surface area contributed by atoms with E-state index in [1.165, 1.54) is 0 Å². The molecule has 2 unspecified atom stereocenters. The molecule has 2 atom stereocenters. The number of amides is 1. The number of rotatable bonds is 3. The Morgan fingerprint density at radius 2 is 1.93 bits per heavy atom. The summed E-state index contributed by atoms with van der Waals surface area (Å²) in [5, 5.41) is 10.7. The lowest BCUT2D eigenvalue weighted by Gasteiger charge is -2.35. The summed E-state index contributed by atoms with van der Waals surface area (Å²) in [5.41, 5.74) is -2.88. The van der Waals surface area contributed by atoms with Gasteiger partial charge in [0.2, 0.25) is 0 Å². The normalized spacial score (nSPS) is 20.6. The standard InChI is InChI=1S/C17H20F4N2O5/c1-16(2,3)28-15(24)22-7-6-14(12(18)9-22)27-13-5-4-10(23(25)26)8-11(13)17(19,20)21/h4-5,8,12,14H,6-7,9H2,1-3H3. The second-order valence-corrected chi connectivity index (χ2v) is 7.32. The molecule has 1 aliphatic heterocycles. The zero-order valence-electron chi connectivity index (χ0n) is 15.5. The summed E-state index contributed by atoms with van der Waals surface area (Å²) in [7, 11) is 0. The number of carbonyl (C=O) groups excluding carboxylic acids is 1. The molecular weight excluding hydrogens is 388 g/mol. The molecule has 1 heterocycles. The van der Waals surface area contributed by atoms with Gasteiger partial charge in [-0.05, 0) is 26.8 Å². The van der Waals surface area contributed by atoms with Gasteiger partial charge in [0.05, 0.1) is 11.5 Å². The summed E-state index contributed by atoms with van der Waals surface area (Å²) in [6, 6.07) is 2.00. The molecule has 0 bridgehead atoms. The van der Waals surface area contributed by atoms with Crippen molar-refractivity contribution in [3.63, 3.8) is 0 Å². The summed E-state index contributed by atoms with van der Waals surface area (Å²) in [6.45, 7) is 4.60. The van der Waals surface area contributed by atoms with Crippen molar-refractivity contribution in [2.75, 3.05) is 13.1 Å². The minimum absolute atomic E-state index is 0.0360. The highest BCUT2D eigenvalue weighted by Gasteiger charge is 2.39. The Hall–Kier alpha value is -2.59. The minimum atomic E-state index is -4.91. The van der Waals surface area contributed by atoms with E-state index < -0.39 is 58.6 Å². The van der Waals surface area contributed by atoms with Crippen LogP contribution in [0.3, 0.4) is 0 Å². The first-order valence-electron chi connectivity index (χ1n) is 8.42. The summed E-state index contributed by atoms with van der Waals surface area (Å²) in [6.07, 6.45) is -8.68. The van der Waals surface area contributed by atoms with Crippen molar-refractivity contribution >= 4 is 11.8 Å². The summed E-state index contributed by atoms with van der Waals surface area (Å²) >= 11 is 0. The minimum Gasteiger partial charge on any atom is -0.487 e. The zero-order valence-corrected chi connectivity index (χ0v) is 15.5. The average Bonchev–Trinajstić information content (AvgIpc) is 2.54. The van der Waals surface area contributed by atoms with Crippen molar-refractivity contribution in [2.24, 2.45) is 0 Å². The first-order chi connectivity index (χ1) is 12.8. The van der Waals surface area contributed by atoms with E-state index in [9.17, 15) is 32.5 Å². The Morgan fingerprint density at radius 1 is 1.29 bits per heavy atom. The molecule has 7 nitrogen and oxygen atoms in total. The van der Waals surface area contributed by atoms with Crippen LogP contribution in [0.4, 0.5) is 28.0 Å². The number of ether oxygens (including phenoxy) is 2. The maximum absolute atomic E-state index is 14.4. The van der Waals surface area contributed by atoms with E-state index in [1.54, 1.807) is 20.8 Å². The maximum Gasteiger partial charge on any atom is 0.420 e. The van der Waals surface area contributed by atoms with E-state index in [-0.39, 0.29) is 13.0 Å². The van der Waals surface area contributed by atoms with Crippen LogP contribution in [0.15, 0.2) is 18.2 Å². The smallest absolute Gasteiger partial charge is 0.420 e. The number of hydrogen-bond acceptors (Lipinski definition) is 5. The molecule has 1 fully saturated rings. The number of nitrogens with zero attached hydrogens (tertiary/aromatic N) is 2. The number of nitro benzene ring substituents is 1. The average molecular weight is 408 g/mol. The molecule has 1 aromatic rings. The molecule has 0 radical (unpaired) electrons. The summed E-state index contributed by atoms with van der Waals surface area (Å²) < 4.78 is 64.4. The van der Waals surface area contributed by atoms with Gasteiger partial charge in [-0.1, -0.05) is 0 Å². The highest BCUT2D eigenvalue weighted by Crippen LogP contribution is 2.39. The second kappa shape index (κ2) is 7.80. The monoisotopic (exact) mass is 408 g/mol. The van der Waals surface area contributed by atoms with E-state index in [4.69, 9.17) is 9.47 Å². The van der Waals surface area contributed by atoms with Crippen molar-refractivity contribution in [1.29, 1.82) is 0 Å². The number of hydrogen-bond donors (Lipinski definition) is 0. The summed E-state index contributed by atoms with van der Waals surface area (Å²) in [4.78, 5) is 22.9. The number of likely N-dealkylation sites (tertiary alicyclic amines) is 1. The molecule has 11 heteroatoms. The Morgan fingerprint density at radius 3 is 2.43 bits per heavy atom. The first-order valence-corrected chi connectivity index (χ1v) is 8.42. The third-order valence-corrected chi connectivity index (χ3v) is 3.89. The molecule has 1 aromatic carbocycles. The van der Waals surface area contributed by atoms with Gasteiger partial charge in [0, 0.05) is 25.1 Å². The van der Waals surface area contributed by atoms with Crippen LogP contribution in [-0.2, 0) is 10.9 Å². The maximum atomic E-state index is 14.4. The third kappa shape index (κ3) is 5.46. The molecule has 1 amide bonds. The van der Waals surface area contributed by atoms with Crippen LogP contribution in [0.5, 0.6) is 5.75 Å². The quantitative estimate of drug-likeness (QED) is 0.422. The number of benzene rings is 1. The van der Waals surface area contributed by atoms with Crippen LogP contribution in [0.1, 0.15) is 32.8 Å². The predicted octanol–water partition coefficient (Wildman–Crippen LogP) is 4.34. The van der Waals surface area contributed by atoms with E-state index >= 15 is 0 Å². The fraction of sp³-hybridized carbons (Fsp3) is 0.588. The molecule has 0 spiro atoms. The predicted molar refractivity (Wildman–Crippen MR) is 89.8 cm³/mol. The van der Waals surface area contributed by atoms with Crippen molar-refractivity contribution in [2.45, 2.75) is 51.2 Å². The van der Waals surface area contributed by atoms with Crippen molar-refractivity contribution in [3.8, 4) is 5.75 Å². The van der Waals surface area contributed by atoms with E-state index in [0.717, 1.165) is 17.0 Å². The lowest BCUT2D eigenvalue weighted by atomic mass is 10.1. The van der Waals surface area contributed by atoms with Crippen LogP contribution in [0.25, 0.3) is 0 Å². The van der Waals surface area contributed by atoms with Crippen LogP contribution < -0.4 is 4.74 Å². The molecule has 0 N–H and O–H groups in total. The lowest BCUT2D eigenvalue weighted by Crippen LogP contribution is -2.50. The Bertz CT molecular complexity index is 748. The number of piperidine rings is 1. The molecule has 1 aliphatic rings. The van der Waals surface area contributed by atoms with Gasteiger partial charge in [-0.25, -0.2) is 9.18 Å². The van der Waals surface area contributed by atoms with Gasteiger partial charge in [0.1, 0.15) is 23.0 Å². The fourth-order valence-corrected chi connectivity index (χ4v) is 2.63. The topological polar surface area (TPSA) is 81.9 Å². The number of carbonyl (C=O) groups is 1. The van der Waals surface area contributed by atoms with Gasteiger partial charge >= 0.3 is 12.3 Å². The third-order valence-electron chi connectivity index (χ3n) is 3.89. The SMILES string of the molecule is CC(C)(C)OC(=O)N1CCC(Oc2ccc([N+](=O)[O-])cc2C(F)(F)F)C(F)C1. The van der Waals surface area contributed by atoms with Crippen molar-refractivity contribution in [3.05, 3.63) is 33.9 Å². The number of alkyl halides is 4. The van der Waals surface area contributed by atoms with Gasteiger partial charge in [-0.2, -0.15) is 13.2 Å². The molecule has 0 saturated carbocycles. The van der Waals surface area contributed by atoms with Crippen LogP contribution in [-0.4, -0.2) is 46.9 Å². The van der Waals surface area contributed by atoms with E-state index in [0.29, 0.717) is 6.07 Å². The second-order valence-electron chi connectivity index (χ2n) is 7.32. The number of non-ortho nitro benzene ring substituents is 1.